The van der Waals surface area contributed by atoms with E-state index in [2.05, 4.69) is 23.5 Å². The quantitative estimate of drug-likeness (QED) is 0.466. The summed E-state index contributed by atoms with van der Waals surface area (Å²) in [6.07, 6.45) is 6.74. The molecule has 5 atom stereocenters. The van der Waals surface area contributed by atoms with E-state index >= 15 is 0 Å². The number of hydrogen-bond acceptors (Lipinski definition) is 7. The molecule has 0 bridgehead atoms. The molecule has 0 radical (unpaired) electrons. The third-order valence-corrected chi connectivity index (χ3v) is 8.20. The molecule has 5 unspecified atom stereocenters. The van der Waals surface area contributed by atoms with Crippen molar-refractivity contribution >= 4 is 28.3 Å². The van der Waals surface area contributed by atoms with Gasteiger partial charge in [0.25, 0.3) is 5.91 Å². The van der Waals surface area contributed by atoms with Crippen LogP contribution in [0.4, 0.5) is 5.13 Å². The van der Waals surface area contributed by atoms with Crippen molar-refractivity contribution in [2.75, 3.05) is 32.2 Å². The highest BCUT2D eigenvalue weighted by Crippen LogP contribution is 2.62. The Morgan fingerprint density at radius 2 is 2.13 bits per heavy atom. The number of fused-ring (bicyclic) bond motifs is 2. The van der Waals surface area contributed by atoms with Crippen LogP contribution in [0.3, 0.4) is 0 Å². The number of ether oxygens (including phenoxy) is 1. The van der Waals surface area contributed by atoms with E-state index in [1.807, 2.05) is 6.92 Å². The van der Waals surface area contributed by atoms with Gasteiger partial charge in [-0.2, -0.15) is 0 Å². The zero-order valence-corrected chi connectivity index (χ0v) is 19.1. The number of anilines is 1. The lowest BCUT2D eigenvalue weighted by atomic mass is 9.47. The minimum absolute atomic E-state index is 0.0466. The number of aromatic nitrogens is 1. The van der Waals surface area contributed by atoms with Gasteiger partial charge < -0.3 is 20.3 Å². The summed E-state index contributed by atoms with van der Waals surface area (Å²) in [4.78, 5) is 30.3. The van der Waals surface area contributed by atoms with Crippen LogP contribution in [0, 0.1) is 29.1 Å². The molecule has 2 aliphatic rings. The summed E-state index contributed by atoms with van der Waals surface area (Å²) in [5.41, 5.74) is -0.232. The largest absolute Gasteiger partial charge is 0.396 e. The Labute approximate surface area is 186 Å². The Morgan fingerprint density at radius 1 is 1.39 bits per heavy atom. The highest BCUT2D eigenvalue weighted by atomic mass is 32.1. The molecule has 1 fully saturated rings. The topological polar surface area (TPSA) is 121 Å². The van der Waals surface area contributed by atoms with E-state index in [0.29, 0.717) is 24.4 Å². The molecule has 0 aliphatic heterocycles. The normalized spacial score (nSPS) is 31.8. The molecule has 8 nitrogen and oxygen atoms in total. The van der Waals surface area contributed by atoms with Crippen molar-refractivity contribution in [3.63, 3.8) is 0 Å². The molecule has 1 heterocycles. The zero-order chi connectivity index (χ0) is 22.8. The van der Waals surface area contributed by atoms with Gasteiger partial charge in [-0.15, -0.1) is 17.8 Å². The number of carbonyl (C=O) groups excluding carboxylic acids is 2. The SMILES string of the molecule is C#CCNC(=O)CC1c2nc(NC(=O)COC)sc2CC2C(C)(CO)C(O)CCC12C. The molecule has 0 saturated heterocycles. The molecule has 0 spiro atoms. The van der Waals surface area contributed by atoms with E-state index in [1.165, 1.54) is 18.4 Å². The van der Waals surface area contributed by atoms with E-state index in [-0.39, 0.29) is 55.2 Å². The lowest BCUT2D eigenvalue weighted by Crippen LogP contribution is -2.57. The van der Waals surface area contributed by atoms with Gasteiger partial charge in [-0.1, -0.05) is 19.8 Å². The molecule has 1 aromatic rings. The number of terminal acetylenes is 1. The van der Waals surface area contributed by atoms with E-state index in [0.717, 1.165) is 10.6 Å². The second kappa shape index (κ2) is 9.25. The fraction of sp³-hybridized carbons (Fsp3) is 0.682. The first kappa shape index (κ1) is 23.7. The second-order valence-electron chi connectivity index (χ2n) is 9.03. The Kier molecular flexibility index (Phi) is 7.06. The molecule has 1 aromatic heterocycles. The molecule has 170 valence electrons. The van der Waals surface area contributed by atoms with Crippen LogP contribution >= 0.6 is 11.3 Å². The van der Waals surface area contributed by atoms with Crippen molar-refractivity contribution in [1.82, 2.24) is 10.3 Å². The Bertz CT molecular complexity index is 881. The molecule has 0 aromatic carbocycles. The average molecular weight is 450 g/mol. The van der Waals surface area contributed by atoms with E-state index in [9.17, 15) is 19.8 Å². The van der Waals surface area contributed by atoms with Crippen LogP contribution < -0.4 is 10.6 Å². The van der Waals surface area contributed by atoms with Crippen molar-refractivity contribution in [3.8, 4) is 12.3 Å². The van der Waals surface area contributed by atoms with E-state index in [4.69, 9.17) is 16.1 Å². The first-order valence-corrected chi connectivity index (χ1v) is 11.3. The summed E-state index contributed by atoms with van der Waals surface area (Å²) in [5.74, 6) is 1.69. The molecule has 1 saturated carbocycles. The zero-order valence-electron chi connectivity index (χ0n) is 18.2. The highest BCUT2D eigenvalue weighted by Gasteiger charge is 2.59. The fourth-order valence-electron chi connectivity index (χ4n) is 5.39. The number of nitrogens with zero attached hydrogens (tertiary/aromatic N) is 1. The molecular formula is C22H31N3O5S. The Balaban J connectivity index is 2.01. The average Bonchev–Trinajstić information content (AvgIpc) is 3.13. The van der Waals surface area contributed by atoms with Crippen LogP contribution in [0.2, 0.25) is 0 Å². The predicted molar refractivity (Wildman–Crippen MR) is 118 cm³/mol. The molecule has 3 rings (SSSR count). The number of aliphatic hydroxyl groups excluding tert-OH is 2. The summed E-state index contributed by atoms with van der Waals surface area (Å²) in [6, 6.07) is 0. The number of carbonyl (C=O) groups is 2. The smallest absolute Gasteiger partial charge is 0.252 e. The maximum atomic E-state index is 12.6. The van der Waals surface area contributed by atoms with Gasteiger partial charge in [0.15, 0.2) is 5.13 Å². The monoisotopic (exact) mass is 449 g/mol. The third kappa shape index (κ3) is 4.35. The number of aliphatic hydroxyl groups is 2. The number of amides is 2. The van der Waals surface area contributed by atoms with Crippen LogP contribution in [-0.2, 0) is 20.7 Å². The van der Waals surface area contributed by atoms with Crippen LogP contribution in [0.5, 0.6) is 0 Å². The lowest BCUT2D eigenvalue weighted by Gasteiger charge is -2.58. The number of nitrogens with one attached hydrogen (secondary N) is 2. The first-order valence-electron chi connectivity index (χ1n) is 10.5. The summed E-state index contributed by atoms with van der Waals surface area (Å²) in [5, 5.41) is 27.0. The molecule has 9 heteroatoms. The van der Waals surface area contributed by atoms with Crippen molar-refractivity contribution in [2.24, 2.45) is 16.7 Å². The molecule has 2 amide bonds. The minimum Gasteiger partial charge on any atom is -0.396 e. The van der Waals surface area contributed by atoms with Gasteiger partial charge in [0.1, 0.15) is 6.61 Å². The third-order valence-electron chi connectivity index (χ3n) is 7.19. The van der Waals surface area contributed by atoms with E-state index < -0.39 is 11.5 Å². The summed E-state index contributed by atoms with van der Waals surface area (Å²) >= 11 is 1.38. The molecule has 2 aliphatic carbocycles. The predicted octanol–water partition coefficient (Wildman–Crippen LogP) is 1.28. The van der Waals surface area contributed by atoms with Gasteiger partial charge in [0, 0.05) is 29.7 Å². The van der Waals surface area contributed by atoms with Crippen molar-refractivity contribution in [3.05, 3.63) is 10.6 Å². The van der Waals surface area contributed by atoms with Gasteiger partial charge in [-0.05, 0) is 30.6 Å². The number of hydrogen-bond donors (Lipinski definition) is 4. The van der Waals surface area contributed by atoms with Crippen molar-refractivity contribution in [2.45, 2.75) is 51.6 Å². The summed E-state index contributed by atoms with van der Waals surface area (Å²) in [6.45, 7) is 3.98. The molecular weight excluding hydrogens is 418 g/mol. The maximum Gasteiger partial charge on any atom is 0.252 e. The highest BCUT2D eigenvalue weighted by molar-refractivity contribution is 7.15. The van der Waals surface area contributed by atoms with Gasteiger partial charge in [-0.25, -0.2) is 4.98 Å². The Hall–Kier alpha value is -1.99. The molecule has 4 N–H and O–H groups in total. The number of rotatable bonds is 7. The maximum absolute atomic E-state index is 12.6. The summed E-state index contributed by atoms with van der Waals surface area (Å²) in [7, 11) is 1.45. The van der Waals surface area contributed by atoms with Crippen LogP contribution in [-0.4, -0.2) is 60.0 Å². The fourth-order valence-corrected chi connectivity index (χ4v) is 6.48. The second-order valence-corrected chi connectivity index (χ2v) is 10.1. The summed E-state index contributed by atoms with van der Waals surface area (Å²) < 4.78 is 4.88. The lowest BCUT2D eigenvalue weighted by molar-refractivity contribution is -0.144. The minimum atomic E-state index is -0.693. The van der Waals surface area contributed by atoms with Crippen LogP contribution in [0.15, 0.2) is 0 Å². The van der Waals surface area contributed by atoms with Crippen molar-refractivity contribution < 1.29 is 24.5 Å². The van der Waals surface area contributed by atoms with Gasteiger partial charge in [0.05, 0.1) is 24.9 Å². The number of methoxy groups -OCH3 is 1. The van der Waals surface area contributed by atoms with Gasteiger partial charge in [-0.3, -0.25) is 14.9 Å². The molecule has 31 heavy (non-hydrogen) atoms. The Morgan fingerprint density at radius 3 is 2.77 bits per heavy atom. The van der Waals surface area contributed by atoms with Gasteiger partial charge >= 0.3 is 0 Å². The van der Waals surface area contributed by atoms with E-state index in [1.54, 1.807) is 0 Å². The van der Waals surface area contributed by atoms with Crippen molar-refractivity contribution in [1.29, 1.82) is 0 Å². The first-order chi connectivity index (χ1) is 14.7. The van der Waals surface area contributed by atoms with Crippen LogP contribution in [0.1, 0.15) is 49.6 Å². The standard InChI is InChI=1S/C22H31N3O5S/c1-5-8-23-17(28)9-13-19-14(31-20(25-19)24-18(29)11-30-4)10-15-21(13,2)7-6-16(27)22(15,3)12-26/h1,13,15-16,26-27H,6-12H2,2-4H3,(H,23,28)(H,24,25,29). The number of thiazole rings is 1. The van der Waals surface area contributed by atoms with Gasteiger partial charge in [0.2, 0.25) is 5.91 Å². The van der Waals surface area contributed by atoms with Crippen LogP contribution in [0.25, 0.3) is 0 Å².